The summed E-state index contributed by atoms with van der Waals surface area (Å²) in [6.45, 7) is 2.62. The van der Waals surface area contributed by atoms with Crippen molar-refractivity contribution in [3.8, 4) is 0 Å². The first-order valence-corrected chi connectivity index (χ1v) is 8.73. The van der Waals surface area contributed by atoms with Crippen molar-refractivity contribution in [3.05, 3.63) is 48.0 Å². The molecule has 0 spiro atoms. The molecule has 0 heterocycles. The lowest BCUT2D eigenvalue weighted by atomic mass is 10.00. The van der Waals surface area contributed by atoms with Gasteiger partial charge in [-0.1, -0.05) is 48.9 Å². The van der Waals surface area contributed by atoms with Crippen molar-refractivity contribution in [1.29, 1.82) is 0 Å². The van der Waals surface area contributed by atoms with Gasteiger partial charge in [0.05, 0.1) is 12.1 Å². The molecule has 24 heavy (non-hydrogen) atoms. The number of nitrogens with one attached hydrogen (secondary N) is 1. The van der Waals surface area contributed by atoms with Crippen LogP contribution in [-0.4, -0.2) is 35.7 Å². The number of benzene rings is 2. The second kappa shape index (κ2) is 7.22. The molecule has 3 unspecified atom stereocenters. The second-order valence-electron chi connectivity index (χ2n) is 6.88. The number of hydrogen-bond donors (Lipinski definition) is 2. The molecule has 0 bridgehead atoms. The molecule has 128 valence electrons. The van der Waals surface area contributed by atoms with Crippen LogP contribution in [0.25, 0.3) is 10.8 Å². The van der Waals surface area contributed by atoms with Crippen LogP contribution in [0.1, 0.15) is 37.8 Å². The van der Waals surface area contributed by atoms with Crippen LogP contribution in [0.5, 0.6) is 0 Å². The summed E-state index contributed by atoms with van der Waals surface area (Å²) in [5, 5.41) is 15.4. The van der Waals surface area contributed by atoms with Crippen LogP contribution < -0.4 is 5.32 Å². The summed E-state index contributed by atoms with van der Waals surface area (Å²) in [6.07, 6.45) is 2.63. The van der Waals surface area contributed by atoms with Gasteiger partial charge in [-0.25, -0.2) is 4.79 Å². The molecule has 4 heteroatoms. The number of urea groups is 1. The Labute approximate surface area is 143 Å². The topological polar surface area (TPSA) is 52.6 Å². The van der Waals surface area contributed by atoms with Gasteiger partial charge in [-0.3, -0.25) is 0 Å². The summed E-state index contributed by atoms with van der Waals surface area (Å²) in [6, 6.07) is 14.2. The Kier molecular flexibility index (Phi) is 5.05. The molecule has 1 saturated carbocycles. The number of fused-ring (bicyclic) bond motifs is 1. The predicted octanol–water partition coefficient (Wildman–Crippen LogP) is 3.70. The van der Waals surface area contributed by atoms with Crippen molar-refractivity contribution in [2.45, 2.75) is 38.3 Å². The maximum absolute atomic E-state index is 12.5. The number of nitrogens with zero attached hydrogens (tertiary/aromatic N) is 1. The zero-order chi connectivity index (χ0) is 17.1. The lowest BCUT2D eigenvalue weighted by Gasteiger charge is -2.26. The lowest BCUT2D eigenvalue weighted by Crippen LogP contribution is -2.42. The Morgan fingerprint density at radius 3 is 2.75 bits per heavy atom. The maximum atomic E-state index is 12.5. The minimum Gasteiger partial charge on any atom is -0.393 e. The van der Waals surface area contributed by atoms with E-state index in [4.69, 9.17) is 0 Å². The fraction of sp³-hybridized carbons (Fsp3) is 0.450. The number of aliphatic hydroxyl groups excluding tert-OH is 1. The number of rotatable bonds is 4. The van der Waals surface area contributed by atoms with Gasteiger partial charge in [0, 0.05) is 19.5 Å². The first-order chi connectivity index (χ1) is 11.6. The van der Waals surface area contributed by atoms with Crippen molar-refractivity contribution in [3.63, 3.8) is 0 Å². The molecule has 0 aliphatic heterocycles. The van der Waals surface area contributed by atoms with E-state index < -0.39 is 0 Å². The van der Waals surface area contributed by atoms with Crippen LogP contribution in [0.15, 0.2) is 42.5 Å². The maximum Gasteiger partial charge on any atom is 0.317 e. The molecule has 3 atom stereocenters. The van der Waals surface area contributed by atoms with E-state index >= 15 is 0 Å². The third kappa shape index (κ3) is 3.54. The quantitative estimate of drug-likeness (QED) is 0.900. The molecule has 3 rings (SSSR count). The highest BCUT2D eigenvalue weighted by Gasteiger charge is 2.27. The van der Waals surface area contributed by atoms with Crippen molar-refractivity contribution in [2.75, 3.05) is 13.6 Å². The highest BCUT2D eigenvalue weighted by atomic mass is 16.3. The van der Waals surface area contributed by atoms with Gasteiger partial charge < -0.3 is 15.3 Å². The molecular formula is C20H26N2O2. The van der Waals surface area contributed by atoms with Crippen molar-refractivity contribution in [2.24, 2.45) is 5.92 Å². The first kappa shape index (κ1) is 16.8. The summed E-state index contributed by atoms with van der Waals surface area (Å²) in [7, 11) is 1.80. The molecule has 2 aromatic carbocycles. The van der Waals surface area contributed by atoms with Crippen LogP contribution >= 0.6 is 0 Å². The highest BCUT2D eigenvalue weighted by molar-refractivity contribution is 5.86. The second-order valence-corrected chi connectivity index (χ2v) is 6.88. The normalized spacial score (nSPS) is 21.6. The number of aliphatic hydroxyl groups is 1. The van der Waals surface area contributed by atoms with Gasteiger partial charge in [0.25, 0.3) is 0 Å². The SMILES string of the molecule is CC(NC(=O)N(C)CC1CCCC1O)c1cccc2ccccc12. The van der Waals surface area contributed by atoms with Crippen molar-refractivity contribution in [1.82, 2.24) is 10.2 Å². The molecule has 0 radical (unpaired) electrons. The number of amides is 2. The van der Waals surface area contributed by atoms with E-state index in [2.05, 4.69) is 29.6 Å². The third-order valence-corrected chi connectivity index (χ3v) is 5.10. The van der Waals surface area contributed by atoms with Gasteiger partial charge in [0.2, 0.25) is 0 Å². The van der Waals surface area contributed by atoms with Gasteiger partial charge >= 0.3 is 6.03 Å². The van der Waals surface area contributed by atoms with Gasteiger partial charge in [0.15, 0.2) is 0 Å². The van der Waals surface area contributed by atoms with E-state index in [9.17, 15) is 9.90 Å². The van der Waals surface area contributed by atoms with Crippen LogP contribution in [0.3, 0.4) is 0 Å². The predicted molar refractivity (Wildman–Crippen MR) is 96.9 cm³/mol. The molecule has 0 aromatic heterocycles. The Morgan fingerprint density at radius 1 is 1.25 bits per heavy atom. The Hall–Kier alpha value is -2.07. The molecule has 2 N–H and O–H groups in total. The minimum absolute atomic E-state index is 0.0699. The van der Waals surface area contributed by atoms with E-state index in [1.165, 1.54) is 10.8 Å². The molecule has 2 aromatic rings. The fourth-order valence-electron chi connectivity index (χ4n) is 3.67. The van der Waals surface area contributed by atoms with Crippen LogP contribution in [0, 0.1) is 5.92 Å². The van der Waals surface area contributed by atoms with Gasteiger partial charge in [0.1, 0.15) is 0 Å². The van der Waals surface area contributed by atoms with Gasteiger partial charge in [-0.05, 0) is 36.1 Å². The first-order valence-electron chi connectivity index (χ1n) is 8.73. The Balaban J connectivity index is 1.67. The van der Waals surface area contributed by atoms with E-state index in [0.29, 0.717) is 6.54 Å². The zero-order valence-electron chi connectivity index (χ0n) is 14.4. The molecule has 4 nitrogen and oxygen atoms in total. The zero-order valence-corrected chi connectivity index (χ0v) is 14.4. The van der Waals surface area contributed by atoms with Crippen LogP contribution in [0.4, 0.5) is 4.79 Å². The van der Waals surface area contributed by atoms with Crippen LogP contribution in [0.2, 0.25) is 0 Å². The smallest absolute Gasteiger partial charge is 0.317 e. The van der Waals surface area contributed by atoms with E-state index in [1.54, 1.807) is 11.9 Å². The number of carbonyl (C=O) groups is 1. The summed E-state index contributed by atoms with van der Waals surface area (Å²) < 4.78 is 0. The third-order valence-electron chi connectivity index (χ3n) is 5.10. The van der Waals surface area contributed by atoms with Gasteiger partial charge in [-0.15, -0.1) is 0 Å². The van der Waals surface area contributed by atoms with Crippen molar-refractivity contribution >= 4 is 16.8 Å². The highest BCUT2D eigenvalue weighted by Crippen LogP contribution is 2.27. The Bertz CT molecular complexity index is 710. The van der Waals surface area contributed by atoms with E-state index in [1.807, 2.05) is 25.1 Å². The molecule has 0 saturated heterocycles. The monoisotopic (exact) mass is 326 g/mol. The molecular weight excluding hydrogens is 300 g/mol. The summed E-state index contributed by atoms with van der Waals surface area (Å²) in [5.41, 5.74) is 1.12. The van der Waals surface area contributed by atoms with Crippen LogP contribution in [-0.2, 0) is 0 Å². The fourth-order valence-corrected chi connectivity index (χ4v) is 3.67. The lowest BCUT2D eigenvalue weighted by molar-refractivity contribution is 0.113. The van der Waals surface area contributed by atoms with Gasteiger partial charge in [-0.2, -0.15) is 0 Å². The average molecular weight is 326 g/mol. The molecule has 1 aliphatic rings. The standard InChI is InChI=1S/C20H26N2O2/c1-14(17-11-5-8-15-7-3-4-10-18(15)17)21-20(24)22(2)13-16-9-6-12-19(16)23/h3-5,7-8,10-11,14,16,19,23H,6,9,12-13H2,1-2H3,(H,21,24). The Morgan fingerprint density at radius 2 is 2.00 bits per heavy atom. The summed E-state index contributed by atoms with van der Waals surface area (Å²) in [5.74, 6) is 0.202. The average Bonchev–Trinajstić information content (AvgIpc) is 2.99. The van der Waals surface area contributed by atoms with E-state index in [0.717, 1.165) is 24.8 Å². The molecule has 1 aliphatic carbocycles. The van der Waals surface area contributed by atoms with Crippen molar-refractivity contribution < 1.29 is 9.90 Å². The summed E-state index contributed by atoms with van der Waals surface area (Å²) in [4.78, 5) is 14.2. The largest absolute Gasteiger partial charge is 0.393 e. The number of carbonyl (C=O) groups excluding carboxylic acids is 1. The molecule has 1 fully saturated rings. The number of hydrogen-bond acceptors (Lipinski definition) is 2. The van der Waals surface area contributed by atoms with E-state index in [-0.39, 0.29) is 24.1 Å². The summed E-state index contributed by atoms with van der Waals surface area (Å²) >= 11 is 0. The molecule has 2 amide bonds. The minimum atomic E-state index is -0.268.